The summed E-state index contributed by atoms with van der Waals surface area (Å²) in [5, 5.41) is 16.4. The number of nitrogens with one attached hydrogen (secondary N) is 2. The van der Waals surface area contributed by atoms with E-state index in [9.17, 15) is 14.0 Å². The Labute approximate surface area is 199 Å². The third-order valence-corrected chi connectivity index (χ3v) is 6.40. The van der Waals surface area contributed by atoms with Crippen molar-refractivity contribution >= 4 is 39.6 Å². The first kappa shape index (κ1) is 24.7. The Hall–Kier alpha value is -2.95. The van der Waals surface area contributed by atoms with Gasteiger partial charge in [-0.2, -0.15) is 0 Å². The van der Waals surface area contributed by atoms with Crippen LogP contribution >= 0.6 is 22.7 Å². The Morgan fingerprint density at radius 1 is 1.18 bits per heavy atom. The molecule has 0 fully saturated rings. The standard InChI is InChI=1S/C23H26FN5O2S2/c1-14(2)12-17(26-21(31)19(25)13-18-4-3-11-32-18)9-10-20(30)27-23-29-28-22(33-23)15-5-7-16(24)8-6-15/h3-11,14,17,19H,12-13,25H2,1-2H3,(H,26,31)(H,27,29,30)/t17-,19+/m1/s1. The van der Waals surface area contributed by atoms with Crippen molar-refractivity contribution in [3.05, 3.63) is 64.6 Å². The Bertz CT molecular complexity index is 1080. The highest BCUT2D eigenvalue weighted by Gasteiger charge is 2.19. The summed E-state index contributed by atoms with van der Waals surface area (Å²) in [6.07, 6.45) is 4.16. The fourth-order valence-corrected chi connectivity index (χ4v) is 4.57. The number of thiophene rings is 1. The molecule has 0 saturated heterocycles. The van der Waals surface area contributed by atoms with E-state index in [0.717, 1.165) is 4.88 Å². The lowest BCUT2D eigenvalue weighted by Gasteiger charge is -2.19. The predicted molar refractivity (Wildman–Crippen MR) is 130 cm³/mol. The van der Waals surface area contributed by atoms with Gasteiger partial charge in [-0.05, 0) is 48.1 Å². The Balaban J connectivity index is 1.57. The molecule has 4 N–H and O–H groups in total. The third-order valence-electron chi connectivity index (χ3n) is 4.62. The summed E-state index contributed by atoms with van der Waals surface area (Å²) in [6, 6.07) is 8.76. The average Bonchev–Trinajstić information content (AvgIpc) is 3.44. The summed E-state index contributed by atoms with van der Waals surface area (Å²) in [6.45, 7) is 4.08. The molecule has 2 aromatic heterocycles. The summed E-state index contributed by atoms with van der Waals surface area (Å²) in [5.74, 6) is -0.676. The second-order valence-corrected chi connectivity index (χ2v) is 9.91. The molecule has 0 aliphatic rings. The second kappa shape index (κ2) is 11.8. The number of nitrogens with zero attached hydrogens (tertiary/aromatic N) is 2. The Kier molecular flexibility index (Phi) is 8.81. The number of amides is 2. The zero-order chi connectivity index (χ0) is 23.8. The first-order valence-electron chi connectivity index (χ1n) is 10.5. The average molecular weight is 488 g/mol. The summed E-state index contributed by atoms with van der Waals surface area (Å²) in [4.78, 5) is 26.0. The number of rotatable bonds is 10. The molecule has 0 unspecified atom stereocenters. The Morgan fingerprint density at radius 2 is 1.94 bits per heavy atom. The van der Waals surface area contributed by atoms with Crippen LogP contribution < -0.4 is 16.4 Å². The molecule has 0 aliphatic carbocycles. The molecule has 3 rings (SSSR count). The molecule has 2 amide bonds. The van der Waals surface area contributed by atoms with Gasteiger partial charge in [-0.25, -0.2) is 4.39 Å². The molecule has 0 radical (unpaired) electrons. The van der Waals surface area contributed by atoms with Crippen molar-refractivity contribution in [2.45, 2.75) is 38.8 Å². The van der Waals surface area contributed by atoms with E-state index in [-0.39, 0.29) is 23.7 Å². The lowest BCUT2D eigenvalue weighted by atomic mass is 10.0. The fraction of sp³-hybridized carbons (Fsp3) is 0.304. The molecule has 33 heavy (non-hydrogen) atoms. The number of carbonyl (C=O) groups is 2. The van der Waals surface area contributed by atoms with Gasteiger partial charge in [0.1, 0.15) is 10.8 Å². The van der Waals surface area contributed by atoms with Gasteiger partial charge >= 0.3 is 0 Å². The van der Waals surface area contributed by atoms with Crippen molar-refractivity contribution < 1.29 is 14.0 Å². The lowest BCUT2D eigenvalue weighted by molar-refractivity contribution is -0.122. The van der Waals surface area contributed by atoms with Crippen LogP contribution in [0.2, 0.25) is 0 Å². The SMILES string of the molecule is CC(C)C[C@@H](C=CC(=O)Nc1nnc(-c2ccc(F)cc2)s1)NC(=O)[C@@H](N)Cc1cccs1. The van der Waals surface area contributed by atoms with E-state index in [1.165, 1.54) is 29.5 Å². The van der Waals surface area contributed by atoms with Gasteiger partial charge in [0.25, 0.3) is 0 Å². The normalized spacial score (nSPS) is 13.2. The van der Waals surface area contributed by atoms with E-state index in [0.29, 0.717) is 34.5 Å². The van der Waals surface area contributed by atoms with Crippen molar-refractivity contribution in [3.63, 3.8) is 0 Å². The molecular weight excluding hydrogens is 461 g/mol. The third kappa shape index (κ3) is 7.85. The van der Waals surface area contributed by atoms with E-state index in [2.05, 4.69) is 20.8 Å². The van der Waals surface area contributed by atoms with Crippen molar-refractivity contribution in [2.24, 2.45) is 11.7 Å². The van der Waals surface area contributed by atoms with Gasteiger partial charge in [-0.1, -0.05) is 37.3 Å². The highest BCUT2D eigenvalue weighted by molar-refractivity contribution is 7.18. The minimum Gasteiger partial charge on any atom is -0.349 e. The number of aromatic nitrogens is 2. The van der Waals surface area contributed by atoms with Gasteiger partial charge in [-0.3, -0.25) is 14.9 Å². The van der Waals surface area contributed by atoms with Gasteiger partial charge in [-0.15, -0.1) is 21.5 Å². The molecule has 0 bridgehead atoms. The predicted octanol–water partition coefficient (Wildman–Crippen LogP) is 4.00. The lowest BCUT2D eigenvalue weighted by Crippen LogP contribution is -2.46. The molecule has 0 aliphatic heterocycles. The fourth-order valence-electron chi connectivity index (χ4n) is 3.05. The van der Waals surface area contributed by atoms with Crippen LogP contribution in [-0.2, 0) is 16.0 Å². The summed E-state index contributed by atoms with van der Waals surface area (Å²) >= 11 is 2.75. The first-order chi connectivity index (χ1) is 15.8. The van der Waals surface area contributed by atoms with Crippen molar-refractivity contribution in [1.82, 2.24) is 15.5 Å². The topological polar surface area (TPSA) is 110 Å². The van der Waals surface area contributed by atoms with E-state index in [1.807, 2.05) is 31.4 Å². The van der Waals surface area contributed by atoms with Crippen LogP contribution in [0.25, 0.3) is 10.6 Å². The number of benzene rings is 1. The van der Waals surface area contributed by atoms with Crippen LogP contribution in [0.15, 0.2) is 53.9 Å². The summed E-state index contributed by atoms with van der Waals surface area (Å²) < 4.78 is 13.1. The molecule has 1 aromatic carbocycles. The number of anilines is 1. The van der Waals surface area contributed by atoms with Crippen molar-refractivity contribution in [1.29, 1.82) is 0 Å². The van der Waals surface area contributed by atoms with Gasteiger partial charge in [0, 0.05) is 29.0 Å². The van der Waals surface area contributed by atoms with Crippen molar-refractivity contribution in [3.8, 4) is 10.6 Å². The molecular formula is C23H26FN5O2S2. The smallest absolute Gasteiger partial charge is 0.249 e. The Morgan fingerprint density at radius 3 is 2.61 bits per heavy atom. The van der Waals surface area contributed by atoms with Crippen LogP contribution in [0, 0.1) is 11.7 Å². The van der Waals surface area contributed by atoms with Crippen molar-refractivity contribution in [2.75, 3.05) is 5.32 Å². The van der Waals surface area contributed by atoms with Crippen LogP contribution in [0.1, 0.15) is 25.1 Å². The van der Waals surface area contributed by atoms with E-state index in [4.69, 9.17) is 5.73 Å². The van der Waals surface area contributed by atoms with Crippen LogP contribution in [-0.4, -0.2) is 34.1 Å². The maximum Gasteiger partial charge on any atom is 0.249 e. The van der Waals surface area contributed by atoms with Gasteiger partial charge in [0.05, 0.1) is 6.04 Å². The second-order valence-electron chi connectivity index (χ2n) is 7.90. The summed E-state index contributed by atoms with van der Waals surface area (Å²) in [7, 11) is 0. The number of hydrogen-bond donors (Lipinski definition) is 3. The van der Waals surface area contributed by atoms with E-state index in [1.54, 1.807) is 29.5 Å². The van der Waals surface area contributed by atoms with Gasteiger partial charge < -0.3 is 11.1 Å². The van der Waals surface area contributed by atoms with Gasteiger partial charge in [0.2, 0.25) is 16.9 Å². The van der Waals surface area contributed by atoms with E-state index < -0.39 is 6.04 Å². The molecule has 2 heterocycles. The largest absolute Gasteiger partial charge is 0.349 e. The number of halogens is 1. The molecule has 174 valence electrons. The monoisotopic (exact) mass is 487 g/mol. The molecule has 2 atom stereocenters. The number of carbonyl (C=O) groups excluding carboxylic acids is 2. The quantitative estimate of drug-likeness (QED) is 0.375. The molecule has 3 aromatic rings. The highest BCUT2D eigenvalue weighted by Crippen LogP contribution is 2.26. The number of hydrogen-bond acceptors (Lipinski definition) is 7. The van der Waals surface area contributed by atoms with Crippen LogP contribution in [0.5, 0.6) is 0 Å². The maximum atomic E-state index is 13.1. The molecule has 0 saturated carbocycles. The molecule has 0 spiro atoms. The zero-order valence-electron chi connectivity index (χ0n) is 18.3. The zero-order valence-corrected chi connectivity index (χ0v) is 20.0. The summed E-state index contributed by atoms with van der Waals surface area (Å²) in [5.41, 5.74) is 6.77. The minimum absolute atomic E-state index is 0.257. The van der Waals surface area contributed by atoms with Crippen LogP contribution in [0.3, 0.4) is 0 Å². The molecule has 10 heteroatoms. The minimum atomic E-state index is -0.660. The first-order valence-corrected chi connectivity index (χ1v) is 12.2. The van der Waals surface area contributed by atoms with E-state index >= 15 is 0 Å². The van der Waals surface area contributed by atoms with Crippen LogP contribution in [0.4, 0.5) is 9.52 Å². The highest BCUT2D eigenvalue weighted by atomic mass is 32.1. The maximum absolute atomic E-state index is 13.1. The number of nitrogens with two attached hydrogens (primary N) is 1. The van der Waals surface area contributed by atoms with Gasteiger partial charge in [0.15, 0.2) is 0 Å². The molecule has 7 nitrogen and oxygen atoms in total.